The smallest absolute Gasteiger partial charge is 0.490 e. The minimum Gasteiger partial charge on any atom is -0.497 e. The molecular formula is C15H23B2NO6. The van der Waals surface area contributed by atoms with E-state index in [1.165, 1.54) is 32.7 Å². The first-order chi connectivity index (χ1) is 11.5. The lowest BCUT2D eigenvalue weighted by Gasteiger charge is -2.01. The van der Waals surface area contributed by atoms with Gasteiger partial charge in [0.25, 0.3) is 0 Å². The van der Waals surface area contributed by atoms with E-state index in [-0.39, 0.29) is 0 Å². The third kappa shape index (κ3) is 7.98. The summed E-state index contributed by atoms with van der Waals surface area (Å²) in [4.78, 5) is 3.73. The van der Waals surface area contributed by atoms with Crippen molar-refractivity contribution in [3.8, 4) is 11.5 Å². The Hall–Kier alpha value is -2.06. The van der Waals surface area contributed by atoms with Crippen LogP contribution in [0.15, 0.2) is 42.7 Å². The summed E-state index contributed by atoms with van der Waals surface area (Å²) in [5.41, 5.74) is 0.758. The first kappa shape index (κ1) is 21.9. The molecule has 0 amide bonds. The van der Waals surface area contributed by atoms with Crippen LogP contribution in [0.3, 0.4) is 0 Å². The number of ether oxygens (including phenoxy) is 2. The molecule has 0 aliphatic rings. The highest BCUT2D eigenvalue weighted by Crippen LogP contribution is 2.05. The lowest BCUT2D eigenvalue weighted by Crippen LogP contribution is -2.29. The summed E-state index contributed by atoms with van der Waals surface area (Å²) in [6, 6.07) is 8.15. The maximum Gasteiger partial charge on any atom is 0.490 e. The SMILES string of the molecule is CC.COc1cccc(B(O)O)c1.COc1cncc(B(O)O)c1. The molecule has 1 heterocycles. The number of hydrogen-bond donors (Lipinski definition) is 4. The van der Waals surface area contributed by atoms with Crippen LogP contribution < -0.4 is 20.4 Å². The second kappa shape index (κ2) is 12.4. The van der Waals surface area contributed by atoms with Gasteiger partial charge >= 0.3 is 14.2 Å². The van der Waals surface area contributed by atoms with Gasteiger partial charge in [-0.3, -0.25) is 4.98 Å². The molecule has 0 aliphatic heterocycles. The molecule has 7 nitrogen and oxygen atoms in total. The van der Waals surface area contributed by atoms with Gasteiger partial charge in [-0.1, -0.05) is 26.0 Å². The number of rotatable bonds is 4. The number of pyridine rings is 1. The number of hydrogen-bond acceptors (Lipinski definition) is 7. The molecular weight excluding hydrogens is 312 g/mol. The Labute approximate surface area is 142 Å². The summed E-state index contributed by atoms with van der Waals surface area (Å²) in [5.74, 6) is 1.13. The van der Waals surface area contributed by atoms with Gasteiger partial charge in [-0.05, 0) is 23.7 Å². The fourth-order valence-electron chi connectivity index (χ4n) is 1.49. The lowest BCUT2D eigenvalue weighted by atomic mass is 9.80. The van der Waals surface area contributed by atoms with Crippen molar-refractivity contribution in [1.82, 2.24) is 4.98 Å². The molecule has 0 fully saturated rings. The van der Waals surface area contributed by atoms with Gasteiger partial charge in [0.05, 0.1) is 20.4 Å². The molecule has 0 saturated heterocycles. The maximum atomic E-state index is 8.74. The van der Waals surface area contributed by atoms with Crippen molar-refractivity contribution in [3.63, 3.8) is 0 Å². The zero-order valence-electron chi connectivity index (χ0n) is 14.2. The minimum atomic E-state index is -1.49. The van der Waals surface area contributed by atoms with Crippen molar-refractivity contribution < 1.29 is 29.6 Å². The number of methoxy groups -OCH3 is 2. The van der Waals surface area contributed by atoms with Crippen molar-refractivity contribution in [1.29, 1.82) is 0 Å². The lowest BCUT2D eigenvalue weighted by molar-refractivity contribution is 0.410. The van der Waals surface area contributed by atoms with Crippen molar-refractivity contribution in [2.45, 2.75) is 13.8 Å². The van der Waals surface area contributed by atoms with E-state index in [0.29, 0.717) is 22.4 Å². The second-order valence-electron chi connectivity index (χ2n) is 4.18. The topological polar surface area (TPSA) is 112 Å². The molecule has 2 aromatic rings. The number of nitrogens with zero attached hydrogens (tertiary/aromatic N) is 1. The third-order valence-corrected chi connectivity index (χ3v) is 2.66. The molecule has 1 aromatic heterocycles. The van der Waals surface area contributed by atoms with Crippen molar-refractivity contribution in [3.05, 3.63) is 42.7 Å². The van der Waals surface area contributed by atoms with Crippen LogP contribution in [-0.4, -0.2) is 53.5 Å². The standard InChI is InChI=1S/C7H9BO3.C6H8BNO3.C2H6/c1-11-7-4-2-3-6(5-7)8(9)10;1-11-6-2-5(7(9)10)3-8-4-6;1-2/h2-5,9-10H,1H3;2-4,9-10H,1H3;1-2H3. The Balaban J connectivity index is 0.000000400. The van der Waals surface area contributed by atoms with Crippen LogP contribution in [0.4, 0.5) is 0 Å². The first-order valence-electron chi connectivity index (χ1n) is 7.33. The van der Waals surface area contributed by atoms with Crippen molar-refractivity contribution in [2.24, 2.45) is 0 Å². The van der Waals surface area contributed by atoms with Gasteiger partial charge in [-0.15, -0.1) is 0 Å². The van der Waals surface area contributed by atoms with Crippen molar-refractivity contribution in [2.75, 3.05) is 14.2 Å². The summed E-state index contributed by atoms with van der Waals surface area (Å²) >= 11 is 0. The van der Waals surface area contributed by atoms with Gasteiger partial charge in [0.15, 0.2) is 0 Å². The largest absolute Gasteiger partial charge is 0.497 e. The van der Waals surface area contributed by atoms with Gasteiger partial charge in [-0.25, -0.2) is 0 Å². The van der Waals surface area contributed by atoms with Crippen LogP contribution in [0.2, 0.25) is 0 Å². The van der Waals surface area contributed by atoms with E-state index in [9.17, 15) is 0 Å². The van der Waals surface area contributed by atoms with Crippen LogP contribution in [-0.2, 0) is 0 Å². The molecule has 0 bridgehead atoms. The van der Waals surface area contributed by atoms with E-state index in [1.807, 2.05) is 13.8 Å². The Morgan fingerprint density at radius 3 is 1.83 bits per heavy atom. The Bertz CT molecular complexity index is 532. The first-order valence-corrected chi connectivity index (χ1v) is 7.33. The summed E-state index contributed by atoms with van der Waals surface area (Å²) in [6.45, 7) is 4.00. The van der Waals surface area contributed by atoms with Gasteiger partial charge in [0, 0.05) is 11.7 Å². The highest BCUT2D eigenvalue weighted by Gasteiger charge is 2.11. The molecule has 9 heteroatoms. The molecule has 0 spiro atoms. The molecule has 2 rings (SSSR count). The zero-order chi connectivity index (χ0) is 18.5. The second-order valence-corrected chi connectivity index (χ2v) is 4.18. The van der Waals surface area contributed by atoms with E-state index in [2.05, 4.69) is 4.98 Å². The molecule has 0 atom stereocenters. The Kier molecular flexibility index (Phi) is 11.3. The van der Waals surface area contributed by atoms with Crippen LogP contribution in [0.5, 0.6) is 11.5 Å². The van der Waals surface area contributed by atoms with Crippen molar-refractivity contribution >= 4 is 25.2 Å². The zero-order valence-corrected chi connectivity index (χ0v) is 14.2. The van der Waals surface area contributed by atoms with Crippen LogP contribution in [0.25, 0.3) is 0 Å². The molecule has 0 unspecified atom stereocenters. The average Bonchev–Trinajstić information content (AvgIpc) is 2.64. The summed E-state index contributed by atoms with van der Waals surface area (Å²) in [6.07, 6.45) is 2.86. The Morgan fingerprint density at radius 1 is 0.792 bits per heavy atom. The fourth-order valence-corrected chi connectivity index (χ4v) is 1.49. The van der Waals surface area contributed by atoms with Gasteiger partial charge in [-0.2, -0.15) is 0 Å². The molecule has 24 heavy (non-hydrogen) atoms. The van der Waals surface area contributed by atoms with Gasteiger partial charge < -0.3 is 29.6 Å². The molecule has 4 N–H and O–H groups in total. The fraction of sp³-hybridized carbons (Fsp3) is 0.267. The predicted molar refractivity (Wildman–Crippen MR) is 94.8 cm³/mol. The predicted octanol–water partition coefficient (Wildman–Crippen LogP) is -0.829. The van der Waals surface area contributed by atoms with E-state index in [1.54, 1.807) is 24.3 Å². The molecule has 0 aliphatic carbocycles. The minimum absolute atomic E-state index is 0.323. The molecule has 0 saturated carbocycles. The Morgan fingerprint density at radius 2 is 1.33 bits per heavy atom. The highest BCUT2D eigenvalue weighted by atomic mass is 16.5. The van der Waals surface area contributed by atoms with E-state index in [0.717, 1.165) is 0 Å². The molecule has 1 aromatic carbocycles. The van der Waals surface area contributed by atoms with E-state index in [4.69, 9.17) is 29.6 Å². The summed E-state index contributed by atoms with van der Waals surface area (Å²) < 4.78 is 9.70. The molecule has 130 valence electrons. The number of aromatic nitrogens is 1. The third-order valence-electron chi connectivity index (χ3n) is 2.66. The quantitative estimate of drug-likeness (QED) is 0.540. The van der Waals surface area contributed by atoms with Gasteiger partial charge in [0.2, 0.25) is 0 Å². The summed E-state index contributed by atoms with van der Waals surface area (Å²) in [5, 5.41) is 34.9. The van der Waals surface area contributed by atoms with Crippen LogP contribution in [0, 0.1) is 0 Å². The van der Waals surface area contributed by atoms with Gasteiger partial charge in [0.1, 0.15) is 11.5 Å². The maximum absolute atomic E-state index is 8.74. The monoisotopic (exact) mass is 335 g/mol. The van der Waals surface area contributed by atoms with E-state index >= 15 is 0 Å². The van der Waals surface area contributed by atoms with Crippen LogP contribution >= 0.6 is 0 Å². The van der Waals surface area contributed by atoms with E-state index < -0.39 is 14.2 Å². The summed E-state index contributed by atoms with van der Waals surface area (Å²) in [7, 11) is 0.107. The highest BCUT2D eigenvalue weighted by molar-refractivity contribution is 6.58. The normalized spacial score (nSPS) is 8.83. The number of benzene rings is 1. The van der Waals surface area contributed by atoms with Crippen LogP contribution in [0.1, 0.15) is 13.8 Å². The average molecular weight is 335 g/mol. The molecule has 0 radical (unpaired) electrons.